The first-order valence-electron chi connectivity index (χ1n) is 10.7. The van der Waals surface area contributed by atoms with Crippen LogP contribution in [0, 0.1) is 20.2 Å². The molecule has 0 bridgehead atoms. The van der Waals surface area contributed by atoms with E-state index in [0.717, 1.165) is 0 Å². The first-order valence-corrected chi connectivity index (χ1v) is 12.0. The van der Waals surface area contributed by atoms with Crippen molar-refractivity contribution < 1.29 is 33.8 Å². The zero-order chi connectivity index (χ0) is 28.1. The Balaban J connectivity index is 0.000000336. The number of carbonyl (C=O) groups excluding carboxylic acids is 2. The van der Waals surface area contributed by atoms with E-state index in [4.69, 9.17) is 14.4 Å². The van der Waals surface area contributed by atoms with Crippen molar-refractivity contribution in [3.63, 3.8) is 0 Å². The van der Waals surface area contributed by atoms with Crippen LogP contribution in [0.3, 0.4) is 0 Å². The molecule has 0 amide bonds. The monoisotopic (exact) mass is 572 g/mol. The molecule has 4 aromatic carbocycles. The fourth-order valence-electron chi connectivity index (χ4n) is 2.98. The Morgan fingerprint density at radius 1 is 0.538 bits per heavy atom. The highest BCUT2D eigenvalue weighted by molar-refractivity contribution is 7.30. The lowest BCUT2D eigenvalue weighted by Gasteiger charge is -2.00. The van der Waals surface area contributed by atoms with Gasteiger partial charge in [0.2, 0.25) is 0 Å². The minimum Gasteiger partial charge on any atom is -0.326 e. The standard InChI is InChI=1S/2C13H9NO3.ClH.H3O3P/c2*15-13(10-4-2-1-3-5-10)11-6-8-12(9-7-11)14(16)17;;1-4(2)3/h2*1-9H;1H;4H,(H2,1,2,3). The summed E-state index contributed by atoms with van der Waals surface area (Å²) in [5.41, 5.74) is 2.00. The highest BCUT2D eigenvalue weighted by atomic mass is 35.5. The summed E-state index contributed by atoms with van der Waals surface area (Å²) in [4.78, 5) is 58.2. The number of carbonyl (C=O) groups is 2. The molecule has 0 unspecified atom stereocenters. The summed E-state index contributed by atoms with van der Waals surface area (Å²) in [5, 5.41) is 20.9. The number of halogens is 1. The zero-order valence-corrected chi connectivity index (χ0v) is 21.8. The lowest BCUT2D eigenvalue weighted by molar-refractivity contribution is -0.385. The van der Waals surface area contributed by atoms with Crippen LogP contribution in [-0.2, 0) is 4.57 Å². The van der Waals surface area contributed by atoms with Gasteiger partial charge in [0.25, 0.3) is 11.4 Å². The minimum absolute atomic E-state index is 0. The van der Waals surface area contributed by atoms with Crippen LogP contribution in [0.25, 0.3) is 0 Å². The molecule has 11 nitrogen and oxygen atoms in total. The van der Waals surface area contributed by atoms with E-state index in [1.165, 1.54) is 48.5 Å². The maximum Gasteiger partial charge on any atom is 0.314 e. The van der Waals surface area contributed by atoms with Crippen LogP contribution in [0.2, 0.25) is 0 Å². The van der Waals surface area contributed by atoms with E-state index in [9.17, 15) is 29.8 Å². The van der Waals surface area contributed by atoms with Crippen LogP contribution in [-0.4, -0.2) is 31.2 Å². The van der Waals surface area contributed by atoms with Crippen molar-refractivity contribution in [2.45, 2.75) is 0 Å². The van der Waals surface area contributed by atoms with Gasteiger partial charge in [-0.3, -0.25) is 34.4 Å². The van der Waals surface area contributed by atoms with E-state index >= 15 is 0 Å². The first-order chi connectivity index (χ1) is 18.1. The Kier molecular flexibility index (Phi) is 13.6. The summed E-state index contributed by atoms with van der Waals surface area (Å²) in [6.45, 7) is 0. The number of nitrogens with zero attached hydrogens (tertiary/aromatic N) is 2. The van der Waals surface area contributed by atoms with Crippen LogP contribution in [0.15, 0.2) is 109 Å². The Hall–Kier alpha value is -4.54. The lowest BCUT2D eigenvalue weighted by Crippen LogP contribution is -2.00. The average molecular weight is 573 g/mol. The number of rotatable bonds is 6. The molecule has 0 aromatic heterocycles. The largest absolute Gasteiger partial charge is 0.326 e. The molecule has 0 aliphatic heterocycles. The van der Waals surface area contributed by atoms with Crippen molar-refractivity contribution in [3.8, 4) is 0 Å². The smallest absolute Gasteiger partial charge is 0.314 e. The number of hydrogen-bond donors (Lipinski definition) is 2. The second kappa shape index (κ2) is 16.3. The van der Waals surface area contributed by atoms with Gasteiger partial charge in [-0.25, -0.2) is 0 Å². The maximum absolute atomic E-state index is 12.0. The summed E-state index contributed by atoms with van der Waals surface area (Å²) >= 11 is 0. The summed E-state index contributed by atoms with van der Waals surface area (Å²) in [7, 11) is -3.13. The molecule has 39 heavy (non-hydrogen) atoms. The number of benzene rings is 4. The van der Waals surface area contributed by atoms with Crippen molar-refractivity contribution in [1.29, 1.82) is 0 Å². The Morgan fingerprint density at radius 3 is 1.00 bits per heavy atom. The molecule has 0 saturated heterocycles. The number of non-ortho nitro benzene ring substituents is 2. The third kappa shape index (κ3) is 10.8. The molecule has 0 atom stereocenters. The van der Waals surface area contributed by atoms with Gasteiger partial charge in [0, 0.05) is 46.5 Å². The predicted octanol–water partition coefficient (Wildman–Crippen LogP) is 5.43. The van der Waals surface area contributed by atoms with E-state index in [1.807, 2.05) is 12.1 Å². The predicted molar refractivity (Wildman–Crippen MR) is 147 cm³/mol. The van der Waals surface area contributed by atoms with Crippen molar-refractivity contribution in [3.05, 3.63) is 152 Å². The van der Waals surface area contributed by atoms with Gasteiger partial charge in [-0.15, -0.1) is 12.4 Å². The third-order valence-corrected chi connectivity index (χ3v) is 4.75. The SMILES string of the molecule is Cl.O=C(c1ccccc1)c1ccc([N+](=O)[O-])cc1.O=C(c1ccccc1)c1ccc([N+](=O)[O-])cc1.O=[PH](O)O. The molecule has 0 fully saturated rings. The van der Waals surface area contributed by atoms with Gasteiger partial charge in [0.05, 0.1) is 9.85 Å². The number of hydrogen-bond acceptors (Lipinski definition) is 7. The molecule has 0 aliphatic rings. The summed E-state index contributed by atoms with van der Waals surface area (Å²) in [6, 6.07) is 28.8. The molecule has 0 heterocycles. The fourth-order valence-corrected chi connectivity index (χ4v) is 2.98. The van der Waals surface area contributed by atoms with Gasteiger partial charge < -0.3 is 9.79 Å². The third-order valence-electron chi connectivity index (χ3n) is 4.75. The quantitative estimate of drug-likeness (QED) is 0.132. The van der Waals surface area contributed by atoms with Crippen LogP contribution < -0.4 is 0 Å². The van der Waals surface area contributed by atoms with E-state index in [-0.39, 0.29) is 35.3 Å². The number of nitro groups is 2. The van der Waals surface area contributed by atoms with Crippen LogP contribution in [0.1, 0.15) is 31.8 Å². The van der Waals surface area contributed by atoms with E-state index in [1.54, 1.807) is 48.5 Å². The molecule has 0 saturated carbocycles. The minimum atomic E-state index is -3.13. The van der Waals surface area contributed by atoms with Crippen molar-refractivity contribution >= 4 is 43.6 Å². The average Bonchev–Trinajstić information content (AvgIpc) is 2.93. The highest BCUT2D eigenvalue weighted by Gasteiger charge is 2.12. The second-order valence-corrected chi connectivity index (χ2v) is 7.85. The van der Waals surface area contributed by atoms with E-state index in [2.05, 4.69) is 0 Å². The van der Waals surface area contributed by atoms with Crippen LogP contribution in [0.5, 0.6) is 0 Å². The molecule has 0 aliphatic carbocycles. The number of ketones is 2. The van der Waals surface area contributed by atoms with Crippen LogP contribution >= 0.6 is 20.7 Å². The fraction of sp³-hybridized carbons (Fsp3) is 0. The van der Waals surface area contributed by atoms with E-state index < -0.39 is 18.1 Å². The first kappa shape index (κ1) is 32.5. The van der Waals surface area contributed by atoms with Gasteiger partial charge in [-0.05, 0) is 24.3 Å². The molecule has 4 rings (SSSR count). The normalized spacial score (nSPS) is 9.51. The summed E-state index contributed by atoms with van der Waals surface area (Å²) < 4.78 is 8.74. The molecule has 4 aromatic rings. The van der Waals surface area contributed by atoms with Crippen molar-refractivity contribution in [1.82, 2.24) is 0 Å². The summed E-state index contributed by atoms with van der Waals surface area (Å²) in [6.07, 6.45) is 0. The Labute approximate surface area is 229 Å². The molecule has 202 valence electrons. The van der Waals surface area contributed by atoms with Crippen LogP contribution in [0.4, 0.5) is 11.4 Å². The Morgan fingerprint density at radius 2 is 0.769 bits per heavy atom. The van der Waals surface area contributed by atoms with Gasteiger partial charge in [-0.2, -0.15) is 0 Å². The molecule has 0 spiro atoms. The molecule has 13 heteroatoms. The summed E-state index contributed by atoms with van der Waals surface area (Å²) in [5.74, 6) is -0.277. The van der Waals surface area contributed by atoms with Gasteiger partial charge in [0.15, 0.2) is 11.6 Å². The van der Waals surface area contributed by atoms with Gasteiger partial charge in [0.1, 0.15) is 0 Å². The van der Waals surface area contributed by atoms with Crippen molar-refractivity contribution in [2.24, 2.45) is 0 Å². The molecule has 0 radical (unpaired) electrons. The zero-order valence-electron chi connectivity index (χ0n) is 19.9. The lowest BCUT2D eigenvalue weighted by atomic mass is 10.0. The van der Waals surface area contributed by atoms with Gasteiger partial charge in [-0.1, -0.05) is 60.7 Å². The second-order valence-electron chi connectivity index (χ2n) is 7.28. The topological polar surface area (TPSA) is 178 Å². The molecule has 2 N–H and O–H groups in total. The van der Waals surface area contributed by atoms with Crippen molar-refractivity contribution in [2.75, 3.05) is 0 Å². The van der Waals surface area contributed by atoms with E-state index in [0.29, 0.717) is 22.3 Å². The van der Waals surface area contributed by atoms with Gasteiger partial charge >= 0.3 is 8.25 Å². The number of nitro benzene ring substituents is 2. The highest BCUT2D eigenvalue weighted by Crippen LogP contribution is 2.16. The molecular formula is C26H22ClN2O9P. The maximum atomic E-state index is 12.0. The molecular weight excluding hydrogens is 551 g/mol. The Bertz CT molecular complexity index is 1310.